The lowest BCUT2D eigenvalue weighted by atomic mass is 9.98. The van der Waals surface area contributed by atoms with Gasteiger partial charge < -0.3 is 14.2 Å². The number of halogens is 1. The molecule has 3 aromatic carbocycles. The van der Waals surface area contributed by atoms with Crippen LogP contribution in [0.1, 0.15) is 56.3 Å². The van der Waals surface area contributed by atoms with Crippen LogP contribution in [0.2, 0.25) is 5.02 Å². The summed E-state index contributed by atoms with van der Waals surface area (Å²) in [6.45, 7) is 6.41. The summed E-state index contributed by atoms with van der Waals surface area (Å²) < 4.78 is 8.50. The molecule has 186 valence electrons. The predicted molar refractivity (Wildman–Crippen MR) is 146 cm³/mol. The fraction of sp³-hybridized carbons (Fsp3) is 0.333. The second kappa shape index (κ2) is 10.8. The zero-order valence-electron chi connectivity index (χ0n) is 20.9. The number of carbonyl (C=O) groups is 1. The number of para-hydroxylation sites is 4. The zero-order chi connectivity index (χ0) is 25.1. The van der Waals surface area contributed by atoms with Gasteiger partial charge in [0.2, 0.25) is 5.91 Å². The van der Waals surface area contributed by atoms with E-state index in [9.17, 15) is 4.79 Å². The quantitative estimate of drug-likeness (QED) is 0.228. The van der Waals surface area contributed by atoms with E-state index in [1.165, 1.54) is 5.56 Å². The van der Waals surface area contributed by atoms with Gasteiger partial charge in [-0.25, -0.2) is 4.98 Å². The highest BCUT2D eigenvalue weighted by atomic mass is 35.5. The number of aromatic nitrogens is 2. The summed E-state index contributed by atoms with van der Waals surface area (Å²) in [6, 6.07) is 24.0. The Bertz CT molecular complexity index is 1370. The predicted octanol–water partition coefficient (Wildman–Crippen LogP) is 7.19. The van der Waals surface area contributed by atoms with Crippen LogP contribution in [0.4, 0.5) is 5.69 Å². The molecule has 1 fully saturated rings. The van der Waals surface area contributed by atoms with Gasteiger partial charge in [0.15, 0.2) is 0 Å². The smallest absolute Gasteiger partial charge is 0.227 e. The molecule has 36 heavy (non-hydrogen) atoms. The van der Waals surface area contributed by atoms with Gasteiger partial charge in [-0.05, 0) is 54.7 Å². The minimum absolute atomic E-state index is 0.00761. The first-order chi connectivity index (χ1) is 17.6. The van der Waals surface area contributed by atoms with E-state index in [1.807, 2.05) is 48.5 Å². The number of imidazole rings is 1. The number of benzene rings is 3. The van der Waals surface area contributed by atoms with Gasteiger partial charge in [0.1, 0.15) is 11.6 Å². The Morgan fingerprint density at radius 2 is 1.81 bits per heavy atom. The van der Waals surface area contributed by atoms with Gasteiger partial charge in [-0.3, -0.25) is 4.79 Å². The average molecular weight is 502 g/mol. The van der Waals surface area contributed by atoms with Crippen molar-refractivity contribution in [3.8, 4) is 5.75 Å². The summed E-state index contributed by atoms with van der Waals surface area (Å²) in [5, 5.41) is 0.592. The van der Waals surface area contributed by atoms with Gasteiger partial charge in [0.05, 0.1) is 28.4 Å². The molecule has 0 spiro atoms. The van der Waals surface area contributed by atoms with Crippen LogP contribution in [0.25, 0.3) is 11.0 Å². The Hall–Kier alpha value is -3.31. The largest absolute Gasteiger partial charge is 0.493 e. The number of anilines is 1. The van der Waals surface area contributed by atoms with Crippen molar-refractivity contribution in [1.82, 2.24) is 9.55 Å². The SMILES string of the molecule is CCC(C)c1ccccc1OCCCn1c(C2CC(=O)N(c3ccccc3Cl)C2)nc2ccccc21. The molecule has 2 unspecified atom stereocenters. The number of hydrogen-bond donors (Lipinski definition) is 0. The highest BCUT2D eigenvalue weighted by Gasteiger charge is 2.35. The maximum absolute atomic E-state index is 13.0. The highest BCUT2D eigenvalue weighted by molar-refractivity contribution is 6.33. The number of rotatable bonds is 9. The normalized spacial score (nSPS) is 16.6. The lowest BCUT2D eigenvalue weighted by Gasteiger charge is -2.19. The first kappa shape index (κ1) is 24.4. The van der Waals surface area contributed by atoms with Crippen molar-refractivity contribution in [2.75, 3.05) is 18.1 Å². The molecule has 5 rings (SSSR count). The number of fused-ring (bicyclic) bond motifs is 1. The third-order valence-corrected chi connectivity index (χ3v) is 7.48. The number of aryl methyl sites for hydroxylation is 1. The first-order valence-electron chi connectivity index (χ1n) is 12.8. The number of carbonyl (C=O) groups excluding carboxylic acids is 1. The van der Waals surface area contributed by atoms with Crippen molar-refractivity contribution in [1.29, 1.82) is 0 Å². The summed E-state index contributed by atoms with van der Waals surface area (Å²) in [5.74, 6) is 2.48. The van der Waals surface area contributed by atoms with Crippen LogP contribution in [0.15, 0.2) is 72.8 Å². The fourth-order valence-electron chi connectivity index (χ4n) is 5.07. The lowest BCUT2D eigenvalue weighted by molar-refractivity contribution is -0.117. The van der Waals surface area contributed by atoms with Crippen molar-refractivity contribution in [2.24, 2.45) is 0 Å². The Kier molecular flexibility index (Phi) is 7.28. The van der Waals surface area contributed by atoms with Crippen molar-refractivity contribution in [3.63, 3.8) is 0 Å². The summed E-state index contributed by atoms with van der Waals surface area (Å²) in [6.07, 6.45) is 2.35. The molecule has 1 aliphatic heterocycles. The van der Waals surface area contributed by atoms with E-state index in [2.05, 4.69) is 42.7 Å². The number of ether oxygens (including phenoxy) is 1. The second-order valence-electron chi connectivity index (χ2n) is 9.52. The van der Waals surface area contributed by atoms with E-state index < -0.39 is 0 Å². The third kappa shape index (κ3) is 4.85. The Morgan fingerprint density at radius 1 is 1.06 bits per heavy atom. The zero-order valence-corrected chi connectivity index (χ0v) is 21.6. The van der Waals surface area contributed by atoms with Crippen molar-refractivity contribution >= 4 is 34.2 Å². The van der Waals surface area contributed by atoms with Crippen LogP contribution in [0, 0.1) is 0 Å². The first-order valence-corrected chi connectivity index (χ1v) is 13.2. The summed E-state index contributed by atoms with van der Waals surface area (Å²) in [7, 11) is 0. The van der Waals surface area contributed by atoms with Crippen molar-refractivity contribution in [3.05, 3.63) is 89.2 Å². The highest BCUT2D eigenvalue weighted by Crippen LogP contribution is 2.36. The minimum atomic E-state index is 0.00761. The monoisotopic (exact) mass is 501 g/mol. The van der Waals surface area contributed by atoms with Gasteiger partial charge in [-0.2, -0.15) is 0 Å². The topological polar surface area (TPSA) is 47.4 Å². The summed E-state index contributed by atoms with van der Waals surface area (Å²) >= 11 is 6.41. The van der Waals surface area contributed by atoms with Crippen LogP contribution >= 0.6 is 11.6 Å². The molecule has 1 aromatic heterocycles. The molecule has 2 atom stereocenters. The Labute approximate surface area is 217 Å². The van der Waals surface area contributed by atoms with Gasteiger partial charge in [0.25, 0.3) is 0 Å². The Balaban J connectivity index is 1.34. The van der Waals surface area contributed by atoms with Gasteiger partial charge in [-0.15, -0.1) is 0 Å². The molecule has 0 N–H and O–H groups in total. The molecule has 0 saturated carbocycles. The van der Waals surface area contributed by atoms with E-state index >= 15 is 0 Å². The maximum atomic E-state index is 13.0. The molecular formula is C30H32ClN3O2. The van der Waals surface area contributed by atoms with Crippen LogP contribution in [0.3, 0.4) is 0 Å². The number of nitrogens with zero attached hydrogens (tertiary/aromatic N) is 3. The Morgan fingerprint density at radius 3 is 2.64 bits per heavy atom. The number of amides is 1. The maximum Gasteiger partial charge on any atom is 0.227 e. The molecule has 0 aliphatic carbocycles. The molecular weight excluding hydrogens is 470 g/mol. The summed E-state index contributed by atoms with van der Waals surface area (Å²) in [4.78, 5) is 19.7. The van der Waals surface area contributed by atoms with E-state index in [-0.39, 0.29) is 11.8 Å². The minimum Gasteiger partial charge on any atom is -0.493 e. The van der Waals surface area contributed by atoms with E-state index in [0.29, 0.717) is 30.5 Å². The van der Waals surface area contributed by atoms with Gasteiger partial charge >= 0.3 is 0 Å². The van der Waals surface area contributed by atoms with Gasteiger partial charge in [0, 0.05) is 25.4 Å². The van der Waals surface area contributed by atoms with Crippen LogP contribution < -0.4 is 9.64 Å². The standard InChI is InChI=1S/C30H32ClN3O2/c1-3-21(2)23-11-4-9-16-28(23)36-18-10-17-33-27-15-8-6-13-25(27)32-30(33)22-19-29(35)34(20-22)26-14-7-5-12-24(26)31/h4-9,11-16,21-22H,3,10,17-20H2,1-2H3. The molecule has 0 radical (unpaired) electrons. The lowest BCUT2D eigenvalue weighted by Crippen LogP contribution is -2.24. The van der Waals surface area contributed by atoms with Gasteiger partial charge in [-0.1, -0.05) is 67.9 Å². The summed E-state index contributed by atoms with van der Waals surface area (Å²) in [5.41, 5.74) is 4.08. The molecule has 2 heterocycles. The third-order valence-electron chi connectivity index (χ3n) is 7.16. The van der Waals surface area contributed by atoms with Crippen LogP contribution in [0.5, 0.6) is 5.75 Å². The van der Waals surface area contributed by atoms with E-state index in [1.54, 1.807) is 4.90 Å². The second-order valence-corrected chi connectivity index (χ2v) is 9.92. The molecule has 1 amide bonds. The molecule has 6 heteroatoms. The fourth-order valence-corrected chi connectivity index (χ4v) is 5.31. The molecule has 5 nitrogen and oxygen atoms in total. The molecule has 1 aliphatic rings. The van der Waals surface area contributed by atoms with Crippen LogP contribution in [-0.4, -0.2) is 28.6 Å². The molecule has 4 aromatic rings. The number of hydrogen-bond acceptors (Lipinski definition) is 3. The van der Waals surface area contributed by atoms with Crippen molar-refractivity contribution < 1.29 is 9.53 Å². The molecule has 1 saturated heterocycles. The average Bonchev–Trinajstić information content (AvgIpc) is 3.47. The van der Waals surface area contributed by atoms with E-state index in [4.69, 9.17) is 21.3 Å². The van der Waals surface area contributed by atoms with Crippen LogP contribution in [-0.2, 0) is 11.3 Å². The van der Waals surface area contributed by atoms with E-state index in [0.717, 1.165) is 47.7 Å². The molecule has 0 bridgehead atoms. The van der Waals surface area contributed by atoms with Crippen molar-refractivity contribution in [2.45, 2.75) is 51.5 Å².